The van der Waals surface area contributed by atoms with E-state index in [1.807, 2.05) is 0 Å². The van der Waals surface area contributed by atoms with Crippen LogP contribution in [0.15, 0.2) is 0 Å². The van der Waals surface area contributed by atoms with Crippen molar-refractivity contribution < 1.29 is 10.2 Å². The molecule has 2 N–H and O–H groups in total. The molecule has 0 aromatic carbocycles. The molecule has 0 heterocycles. The van der Waals surface area contributed by atoms with E-state index >= 15 is 0 Å². The molecule has 0 aliphatic rings. The molecule has 0 radical (unpaired) electrons. The van der Waals surface area contributed by atoms with Crippen LogP contribution in [0.25, 0.3) is 0 Å². The van der Waals surface area contributed by atoms with Gasteiger partial charge in [0, 0.05) is 11.8 Å². The topological polar surface area (TPSA) is 40.5 Å². The number of aliphatic hydroxyl groups is 2. The van der Waals surface area contributed by atoms with E-state index in [1.165, 1.54) is 0 Å². The number of hydrogen-bond donors (Lipinski definition) is 2. The Balaban J connectivity index is 3.37. The van der Waals surface area contributed by atoms with E-state index < -0.39 is 5.79 Å². The van der Waals surface area contributed by atoms with Crippen LogP contribution in [0.5, 0.6) is 0 Å². The molecule has 0 aromatic rings. The minimum atomic E-state index is -1.45. The highest BCUT2D eigenvalue weighted by atomic mass is 79.9. The Morgan fingerprint density at radius 1 is 1.50 bits per heavy atom. The van der Waals surface area contributed by atoms with Crippen LogP contribution in [0.3, 0.4) is 0 Å². The summed E-state index contributed by atoms with van der Waals surface area (Å²) in [6.45, 7) is 1.74. The molecule has 0 rings (SSSR count). The fourth-order valence-electron chi connectivity index (χ4n) is 0.328. The largest absolute Gasteiger partial charge is 0.366 e. The Hall–Kier alpha value is 0.400. The molecule has 0 aliphatic heterocycles. The summed E-state index contributed by atoms with van der Waals surface area (Å²) >= 11 is 3.11. The quantitative estimate of drug-likeness (QED) is 0.503. The Bertz CT molecular complexity index is 63.4. The summed E-state index contributed by atoms with van der Waals surface area (Å²) in [7, 11) is 0. The average Bonchev–Trinajstić information content (AvgIpc) is 1.67. The van der Waals surface area contributed by atoms with Crippen molar-refractivity contribution >= 4 is 15.9 Å². The van der Waals surface area contributed by atoms with Crippen molar-refractivity contribution in [3.63, 3.8) is 0 Å². The summed E-state index contributed by atoms with van der Waals surface area (Å²) in [5, 5.41) is 18.3. The maximum atomic E-state index is 8.85. The molecule has 2 nitrogen and oxygen atoms in total. The summed E-state index contributed by atoms with van der Waals surface area (Å²) in [6, 6.07) is 0. The van der Waals surface area contributed by atoms with Crippen LogP contribution in [0.4, 0.5) is 0 Å². The van der Waals surface area contributed by atoms with Crippen LogP contribution in [0, 0.1) is 0 Å². The van der Waals surface area contributed by atoms with Crippen molar-refractivity contribution in [1.29, 1.82) is 0 Å². The van der Waals surface area contributed by atoms with Gasteiger partial charge >= 0.3 is 0 Å². The lowest BCUT2D eigenvalue weighted by Gasteiger charge is -2.17. The Labute approximate surface area is 57.7 Å². The van der Waals surface area contributed by atoms with Crippen LogP contribution in [0.2, 0.25) is 0 Å². The summed E-state index contributed by atoms with van der Waals surface area (Å²) in [5.41, 5.74) is 0. The molecule has 0 saturated heterocycles. The number of alkyl halides is 1. The van der Waals surface area contributed by atoms with Gasteiger partial charge in [-0.05, 0) is 6.42 Å². The highest BCUT2D eigenvalue weighted by molar-refractivity contribution is 9.09. The van der Waals surface area contributed by atoms with Gasteiger partial charge in [0.15, 0.2) is 5.79 Å². The highest BCUT2D eigenvalue weighted by Gasteiger charge is 2.17. The fourth-order valence-corrected chi connectivity index (χ4v) is 0.963. The molecule has 0 fully saturated rings. The van der Waals surface area contributed by atoms with Gasteiger partial charge in [-0.1, -0.05) is 22.9 Å². The number of hydrogen-bond acceptors (Lipinski definition) is 2. The monoisotopic (exact) mass is 182 g/mol. The lowest BCUT2D eigenvalue weighted by molar-refractivity contribution is -0.162. The normalized spacial score (nSPS) is 12.0. The summed E-state index contributed by atoms with van der Waals surface area (Å²) in [4.78, 5) is 0. The molecule has 0 saturated carbocycles. The first kappa shape index (κ1) is 8.40. The Morgan fingerprint density at radius 3 is 2.12 bits per heavy atom. The van der Waals surface area contributed by atoms with Gasteiger partial charge in [-0.25, -0.2) is 0 Å². The van der Waals surface area contributed by atoms with Crippen LogP contribution in [-0.2, 0) is 0 Å². The molecule has 0 spiro atoms. The van der Waals surface area contributed by atoms with Crippen molar-refractivity contribution in [2.45, 2.75) is 25.6 Å². The second-order valence-electron chi connectivity index (χ2n) is 1.77. The zero-order valence-electron chi connectivity index (χ0n) is 4.89. The van der Waals surface area contributed by atoms with E-state index in [9.17, 15) is 0 Å². The number of halogens is 1. The van der Waals surface area contributed by atoms with E-state index in [4.69, 9.17) is 10.2 Å². The molecule has 0 aliphatic carbocycles. The first-order valence-electron chi connectivity index (χ1n) is 2.63. The lowest BCUT2D eigenvalue weighted by atomic mass is 10.2. The van der Waals surface area contributed by atoms with E-state index in [1.54, 1.807) is 6.92 Å². The lowest BCUT2D eigenvalue weighted by Crippen LogP contribution is -2.26. The van der Waals surface area contributed by atoms with E-state index in [2.05, 4.69) is 15.9 Å². The third-order valence-electron chi connectivity index (χ3n) is 1.06. The van der Waals surface area contributed by atoms with Crippen molar-refractivity contribution in [2.75, 3.05) is 5.33 Å². The van der Waals surface area contributed by atoms with Crippen LogP contribution < -0.4 is 0 Å². The molecule has 0 unspecified atom stereocenters. The Kier molecular flexibility index (Phi) is 3.60. The molecular weight excluding hydrogens is 172 g/mol. The van der Waals surface area contributed by atoms with Gasteiger partial charge in [0.2, 0.25) is 0 Å². The first-order chi connectivity index (χ1) is 3.62. The molecular formula is C5H11BrO2. The second kappa shape index (κ2) is 3.43. The predicted molar refractivity (Wildman–Crippen MR) is 35.9 cm³/mol. The van der Waals surface area contributed by atoms with E-state index in [0.29, 0.717) is 18.2 Å². The minimum absolute atomic E-state index is 0.387. The van der Waals surface area contributed by atoms with Gasteiger partial charge in [0.05, 0.1) is 0 Å². The predicted octanol–water partition coefficient (Wildman–Crippen LogP) is 0.862. The molecule has 0 atom stereocenters. The van der Waals surface area contributed by atoms with Crippen molar-refractivity contribution in [1.82, 2.24) is 0 Å². The smallest absolute Gasteiger partial charge is 0.163 e. The first-order valence-corrected chi connectivity index (χ1v) is 3.75. The fraction of sp³-hybridized carbons (Fsp3) is 1.00. The van der Waals surface area contributed by atoms with Crippen LogP contribution >= 0.6 is 15.9 Å². The molecule has 0 bridgehead atoms. The maximum absolute atomic E-state index is 8.85. The number of rotatable bonds is 3. The van der Waals surface area contributed by atoms with Crippen LogP contribution in [-0.4, -0.2) is 21.3 Å². The third-order valence-corrected chi connectivity index (χ3v) is 1.46. The SMILES string of the molecule is CCC(O)(O)CCBr. The van der Waals surface area contributed by atoms with Crippen molar-refractivity contribution in [3.8, 4) is 0 Å². The van der Waals surface area contributed by atoms with Gasteiger partial charge in [0.25, 0.3) is 0 Å². The van der Waals surface area contributed by atoms with Gasteiger partial charge in [0.1, 0.15) is 0 Å². The third kappa shape index (κ3) is 3.41. The maximum Gasteiger partial charge on any atom is 0.163 e. The molecule has 8 heavy (non-hydrogen) atoms. The van der Waals surface area contributed by atoms with Crippen molar-refractivity contribution in [3.05, 3.63) is 0 Å². The average molecular weight is 183 g/mol. The van der Waals surface area contributed by atoms with E-state index in [0.717, 1.165) is 0 Å². The molecule has 50 valence electrons. The minimum Gasteiger partial charge on any atom is -0.366 e. The van der Waals surface area contributed by atoms with Gasteiger partial charge in [-0.2, -0.15) is 0 Å². The highest BCUT2D eigenvalue weighted by Crippen LogP contribution is 2.10. The molecule has 0 amide bonds. The summed E-state index contributed by atoms with van der Waals surface area (Å²) < 4.78 is 0. The zero-order chi connectivity index (χ0) is 6.62. The van der Waals surface area contributed by atoms with Crippen molar-refractivity contribution in [2.24, 2.45) is 0 Å². The zero-order valence-corrected chi connectivity index (χ0v) is 6.48. The van der Waals surface area contributed by atoms with Gasteiger partial charge < -0.3 is 10.2 Å². The molecule has 0 aromatic heterocycles. The second-order valence-corrected chi connectivity index (χ2v) is 2.57. The summed E-state index contributed by atoms with van der Waals surface area (Å²) in [5.74, 6) is -1.45. The van der Waals surface area contributed by atoms with E-state index in [-0.39, 0.29) is 0 Å². The Morgan fingerprint density at radius 2 is 2.00 bits per heavy atom. The van der Waals surface area contributed by atoms with Gasteiger partial charge in [-0.15, -0.1) is 0 Å². The standard InChI is InChI=1S/C5H11BrO2/c1-2-5(7,8)3-4-6/h7-8H,2-4H2,1H3. The summed E-state index contributed by atoms with van der Waals surface area (Å²) in [6.07, 6.45) is 0.780. The molecule has 3 heteroatoms. The van der Waals surface area contributed by atoms with Gasteiger partial charge in [-0.3, -0.25) is 0 Å². The van der Waals surface area contributed by atoms with Crippen LogP contribution in [0.1, 0.15) is 19.8 Å².